The van der Waals surface area contributed by atoms with E-state index in [0.29, 0.717) is 6.54 Å². The van der Waals surface area contributed by atoms with E-state index in [0.717, 1.165) is 31.7 Å². The summed E-state index contributed by atoms with van der Waals surface area (Å²) in [7, 11) is 0. The molecular weight excluding hydrogens is 264 g/mol. The molecule has 4 nitrogen and oxygen atoms in total. The second-order valence-corrected chi connectivity index (χ2v) is 6.23. The van der Waals surface area contributed by atoms with Gasteiger partial charge in [-0.25, -0.2) is 0 Å². The molecule has 4 heteroatoms. The smallest absolute Gasteiger partial charge is 0.219 e. The maximum absolute atomic E-state index is 11.4. The monoisotopic (exact) mass is 290 g/mol. The highest BCUT2D eigenvalue weighted by atomic mass is 16.3. The molecule has 0 aliphatic carbocycles. The van der Waals surface area contributed by atoms with Crippen LogP contribution in [0.4, 0.5) is 0 Å². The molecule has 1 N–H and O–H groups in total. The van der Waals surface area contributed by atoms with Crippen molar-refractivity contribution in [3.63, 3.8) is 0 Å². The average Bonchev–Trinajstić information content (AvgIpc) is 2.48. The number of benzene rings is 1. The number of hydrogen-bond acceptors (Lipinski definition) is 3. The van der Waals surface area contributed by atoms with Crippen LogP contribution in [-0.2, 0) is 10.4 Å². The molecule has 1 fully saturated rings. The number of amides is 1. The molecule has 1 saturated heterocycles. The third-order valence-corrected chi connectivity index (χ3v) is 4.51. The third kappa shape index (κ3) is 3.63. The number of rotatable bonds is 4. The van der Waals surface area contributed by atoms with E-state index in [4.69, 9.17) is 0 Å². The molecule has 0 saturated carbocycles. The van der Waals surface area contributed by atoms with E-state index in [-0.39, 0.29) is 11.8 Å². The minimum Gasteiger partial charge on any atom is -0.384 e. The molecule has 116 valence electrons. The number of carbonyl (C=O) groups is 1. The van der Waals surface area contributed by atoms with Crippen molar-refractivity contribution in [3.05, 3.63) is 35.9 Å². The number of carbonyl (C=O) groups excluding carboxylic acids is 1. The summed E-state index contributed by atoms with van der Waals surface area (Å²) < 4.78 is 0. The predicted molar refractivity (Wildman–Crippen MR) is 83.9 cm³/mol. The quantitative estimate of drug-likeness (QED) is 0.918. The van der Waals surface area contributed by atoms with Gasteiger partial charge in [-0.2, -0.15) is 0 Å². The maximum atomic E-state index is 11.4. The Morgan fingerprint density at radius 3 is 2.24 bits per heavy atom. The van der Waals surface area contributed by atoms with Crippen molar-refractivity contribution in [2.45, 2.75) is 26.4 Å². The van der Waals surface area contributed by atoms with E-state index in [1.165, 1.54) is 0 Å². The van der Waals surface area contributed by atoms with Crippen molar-refractivity contribution in [2.75, 3.05) is 32.7 Å². The van der Waals surface area contributed by atoms with Gasteiger partial charge >= 0.3 is 0 Å². The van der Waals surface area contributed by atoms with Gasteiger partial charge < -0.3 is 10.0 Å². The zero-order valence-corrected chi connectivity index (χ0v) is 13.2. The van der Waals surface area contributed by atoms with Crippen LogP contribution in [0.2, 0.25) is 0 Å². The first-order valence-electron chi connectivity index (χ1n) is 7.69. The third-order valence-electron chi connectivity index (χ3n) is 4.51. The molecule has 0 unspecified atom stereocenters. The van der Waals surface area contributed by atoms with Crippen molar-refractivity contribution in [2.24, 2.45) is 5.92 Å². The van der Waals surface area contributed by atoms with E-state index in [1.807, 2.05) is 35.2 Å². The Kier molecular flexibility index (Phi) is 5.01. The van der Waals surface area contributed by atoms with Crippen LogP contribution in [0, 0.1) is 5.92 Å². The van der Waals surface area contributed by atoms with Gasteiger partial charge in [0.25, 0.3) is 0 Å². The lowest BCUT2D eigenvalue weighted by molar-refractivity contribution is -0.131. The van der Waals surface area contributed by atoms with Crippen LogP contribution < -0.4 is 0 Å². The van der Waals surface area contributed by atoms with E-state index in [1.54, 1.807) is 6.92 Å². The van der Waals surface area contributed by atoms with Crippen LogP contribution in [0.15, 0.2) is 30.3 Å². The summed E-state index contributed by atoms with van der Waals surface area (Å²) in [5.74, 6) is 0.266. The van der Waals surface area contributed by atoms with Crippen LogP contribution >= 0.6 is 0 Å². The van der Waals surface area contributed by atoms with Gasteiger partial charge in [-0.1, -0.05) is 44.2 Å². The summed E-state index contributed by atoms with van der Waals surface area (Å²) in [6.45, 7) is 9.47. The van der Waals surface area contributed by atoms with Gasteiger partial charge in [0.1, 0.15) is 5.60 Å². The highest BCUT2D eigenvalue weighted by molar-refractivity contribution is 5.73. The highest BCUT2D eigenvalue weighted by Crippen LogP contribution is 2.30. The van der Waals surface area contributed by atoms with Gasteiger partial charge in [0.05, 0.1) is 0 Å². The minimum absolute atomic E-state index is 0.130. The lowest BCUT2D eigenvalue weighted by Crippen LogP contribution is -2.53. The molecular formula is C17H26N2O2. The fourth-order valence-corrected chi connectivity index (χ4v) is 2.90. The van der Waals surface area contributed by atoms with Gasteiger partial charge in [-0.3, -0.25) is 9.69 Å². The Morgan fingerprint density at radius 2 is 1.76 bits per heavy atom. The summed E-state index contributed by atoms with van der Waals surface area (Å²) in [6.07, 6.45) is 0. The molecule has 1 atom stereocenters. The number of piperazine rings is 1. The van der Waals surface area contributed by atoms with Gasteiger partial charge in [0, 0.05) is 39.6 Å². The van der Waals surface area contributed by atoms with Crippen LogP contribution in [0.3, 0.4) is 0 Å². The number of nitrogens with zero attached hydrogens (tertiary/aromatic N) is 2. The second-order valence-electron chi connectivity index (χ2n) is 6.23. The molecule has 2 rings (SSSR count). The molecule has 0 bridgehead atoms. The normalized spacial score (nSPS) is 19.6. The van der Waals surface area contributed by atoms with Crippen LogP contribution in [-0.4, -0.2) is 53.5 Å². The van der Waals surface area contributed by atoms with E-state index < -0.39 is 5.60 Å². The molecule has 21 heavy (non-hydrogen) atoms. The van der Waals surface area contributed by atoms with Gasteiger partial charge in [-0.05, 0) is 11.5 Å². The zero-order valence-electron chi connectivity index (χ0n) is 13.2. The summed E-state index contributed by atoms with van der Waals surface area (Å²) in [5.41, 5.74) is 0.119. The Bertz CT molecular complexity index is 467. The van der Waals surface area contributed by atoms with Crippen molar-refractivity contribution < 1.29 is 9.90 Å². The summed E-state index contributed by atoms with van der Waals surface area (Å²) in [4.78, 5) is 15.5. The topological polar surface area (TPSA) is 43.8 Å². The van der Waals surface area contributed by atoms with Crippen molar-refractivity contribution in [1.82, 2.24) is 9.80 Å². The average molecular weight is 290 g/mol. The molecule has 0 aromatic heterocycles. The second kappa shape index (κ2) is 6.58. The molecule has 0 spiro atoms. The predicted octanol–water partition coefficient (Wildman–Crippen LogP) is 1.69. The van der Waals surface area contributed by atoms with E-state index in [9.17, 15) is 9.90 Å². The van der Waals surface area contributed by atoms with Gasteiger partial charge in [0.2, 0.25) is 5.91 Å². The SMILES string of the molecule is CC(=O)N1CCN(C[C@](O)(c2ccccc2)C(C)C)CC1. The van der Waals surface area contributed by atoms with Crippen molar-refractivity contribution in [3.8, 4) is 0 Å². The summed E-state index contributed by atoms with van der Waals surface area (Å²) in [6, 6.07) is 9.89. The van der Waals surface area contributed by atoms with Crippen molar-refractivity contribution >= 4 is 5.91 Å². The first-order chi connectivity index (χ1) is 9.93. The first-order valence-corrected chi connectivity index (χ1v) is 7.69. The molecule has 1 aliphatic rings. The van der Waals surface area contributed by atoms with Crippen LogP contribution in [0.1, 0.15) is 26.3 Å². The first kappa shape index (κ1) is 16.0. The molecule has 1 heterocycles. The fourth-order valence-electron chi connectivity index (χ4n) is 2.90. The lowest BCUT2D eigenvalue weighted by Gasteiger charge is -2.41. The highest BCUT2D eigenvalue weighted by Gasteiger charge is 2.35. The Hall–Kier alpha value is -1.39. The maximum Gasteiger partial charge on any atom is 0.219 e. The van der Waals surface area contributed by atoms with Gasteiger partial charge in [-0.15, -0.1) is 0 Å². The van der Waals surface area contributed by atoms with E-state index >= 15 is 0 Å². The Balaban J connectivity index is 2.07. The standard InChI is InChI=1S/C17H26N2O2/c1-14(2)17(21,16-7-5-4-6-8-16)13-18-9-11-19(12-10-18)15(3)20/h4-8,14,21H,9-13H2,1-3H3/t17-/m1/s1. The van der Waals surface area contributed by atoms with Crippen LogP contribution in [0.5, 0.6) is 0 Å². The molecule has 1 aromatic rings. The summed E-state index contributed by atoms with van der Waals surface area (Å²) in [5, 5.41) is 11.2. The molecule has 1 amide bonds. The Morgan fingerprint density at radius 1 is 1.19 bits per heavy atom. The van der Waals surface area contributed by atoms with Crippen LogP contribution in [0.25, 0.3) is 0 Å². The molecule has 1 aliphatic heterocycles. The number of aliphatic hydroxyl groups is 1. The lowest BCUT2D eigenvalue weighted by atomic mass is 9.82. The number of β-amino-alcohol motifs (C(OH)–C–C–N with tert-alkyl or cyclic N) is 1. The Labute approximate surface area is 127 Å². The van der Waals surface area contributed by atoms with Crippen molar-refractivity contribution in [1.29, 1.82) is 0 Å². The fraction of sp³-hybridized carbons (Fsp3) is 0.588. The summed E-state index contributed by atoms with van der Waals surface area (Å²) >= 11 is 0. The van der Waals surface area contributed by atoms with Gasteiger partial charge in [0.15, 0.2) is 0 Å². The minimum atomic E-state index is -0.848. The van der Waals surface area contributed by atoms with E-state index in [2.05, 4.69) is 18.7 Å². The zero-order chi connectivity index (χ0) is 15.5. The molecule has 0 radical (unpaired) electrons. The molecule has 1 aromatic carbocycles. The number of hydrogen-bond donors (Lipinski definition) is 1. The largest absolute Gasteiger partial charge is 0.384 e.